The van der Waals surface area contributed by atoms with Crippen molar-refractivity contribution < 1.29 is 28.4 Å². The van der Waals surface area contributed by atoms with Crippen molar-refractivity contribution in [3.8, 4) is 16.9 Å². The minimum atomic E-state index is -0.363. The lowest BCUT2D eigenvalue weighted by Gasteiger charge is -2.25. The highest BCUT2D eigenvalue weighted by atomic mass is 16.6. The molecule has 210 valence electrons. The van der Waals surface area contributed by atoms with E-state index in [1.54, 1.807) is 9.47 Å². The van der Waals surface area contributed by atoms with Gasteiger partial charge < -0.3 is 29.7 Å². The molecular weight excluding hydrogens is 520 g/mol. The normalized spacial score (nSPS) is 12.8. The Morgan fingerprint density at radius 1 is 0.854 bits per heavy atom. The van der Waals surface area contributed by atoms with E-state index in [2.05, 4.69) is 22.8 Å². The predicted octanol–water partition coefficient (Wildman–Crippen LogP) is 4.97. The summed E-state index contributed by atoms with van der Waals surface area (Å²) in [4.78, 5) is 26.3. The number of carbonyl (C=O) groups excluding carboxylic acids is 2. The Bertz CT molecular complexity index is 1440. The Hall–Kier alpha value is -4.89. The Labute approximate surface area is 239 Å². The van der Waals surface area contributed by atoms with E-state index in [1.165, 1.54) is 0 Å². The third-order valence-corrected chi connectivity index (χ3v) is 6.56. The first kappa shape index (κ1) is 27.7. The van der Waals surface area contributed by atoms with Gasteiger partial charge in [-0.1, -0.05) is 60.7 Å². The molecule has 0 spiro atoms. The van der Waals surface area contributed by atoms with E-state index in [-0.39, 0.29) is 18.9 Å². The van der Waals surface area contributed by atoms with Crippen molar-refractivity contribution in [1.82, 2.24) is 10.2 Å². The van der Waals surface area contributed by atoms with Gasteiger partial charge in [0.15, 0.2) is 12.4 Å². The molecule has 0 radical (unpaired) electrons. The number of pyridine rings is 1. The smallest absolute Gasteiger partial charge is 0.414 e. The zero-order chi connectivity index (χ0) is 28.3. The van der Waals surface area contributed by atoms with Crippen LogP contribution in [0.25, 0.3) is 11.1 Å². The van der Waals surface area contributed by atoms with Crippen molar-refractivity contribution in [2.75, 3.05) is 31.6 Å². The summed E-state index contributed by atoms with van der Waals surface area (Å²) >= 11 is 0. The van der Waals surface area contributed by atoms with Gasteiger partial charge in [-0.3, -0.25) is 0 Å². The van der Waals surface area contributed by atoms with E-state index in [9.17, 15) is 9.59 Å². The number of hydrogen-bond acceptors (Lipinski definition) is 5. The maximum absolute atomic E-state index is 12.5. The molecule has 9 nitrogen and oxygen atoms in total. The molecule has 0 bridgehead atoms. The molecule has 1 aliphatic heterocycles. The van der Waals surface area contributed by atoms with Crippen LogP contribution in [-0.2, 0) is 29.4 Å². The average Bonchev–Trinajstić information content (AvgIpc) is 3.03. The van der Waals surface area contributed by atoms with Crippen LogP contribution in [0.1, 0.15) is 11.1 Å². The first-order valence-corrected chi connectivity index (χ1v) is 13.5. The molecule has 1 aromatic heterocycles. The van der Waals surface area contributed by atoms with Crippen LogP contribution in [-0.4, -0.2) is 43.3 Å². The lowest BCUT2D eigenvalue weighted by molar-refractivity contribution is -0.727. The van der Waals surface area contributed by atoms with Crippen molar-refractivity contribution in [1.29, 1.82) is 0 Å². The maximum Gasteiger partial charge on any atom is 0.414 e. The van der Waals surface area contributed by atoms with Gasteiger partial charge in [-0.05, 0) is 35.4 Å². The average molecular weight is 554 g/mol. The number of nitrogens with zero attached hydrogens (tertiary/aromatic N) is 2. The second-order valence-electron chi connectivity index (χ2n) is 9.52. The fraction of sp³-hybridized carbons (Fsp3) is 0.219. The van der Waals surface area contributed by atoms with E-state index in [0.717, 1.165) is 28.0 Å². The quantitative estimate of drug-likeness (QED) is 0.286. The molecule has 2 N–H and O–H groups in total. The molecule has 3 amide bonds. The largest absolute Gasteiger partial charge is 0.488 e. The zero-order valence-electron chi connectivity index (χ0n) is 22.7. The third-order valence-electron chi connectivity index (χ3n) is 6.56. The third kappa shape index (κ3) is 8.06. The van der Waals surface area contributed by atoms with Gasteiger partial charge in [0.1, 0.15) is 12.4 Å². The number of aromatic nitrogens is 1. The number of morpholine rings is 1. The molecule has 0 unspecified atom stereocenters. The van der Waals surface area contributed by atoms with Crippen LogP contribution in [0.15, 0.2) is 103 Å². The fourth-order valence-electron chi connectivity index (χ4n) is 4.38. The van der Waals surface area contributed by atoms with Crippen molar-refractivity contribution >= 4 is 17.8 Å². The van der Waals surface area contributed by atoms with E-state index in [1.807, 2.05) is 91.3 Å². The maximum atomic E-state index is 12.5. The monoisotopic (exact) mass is 553 g/mol. The van der Waals surface area contributed by atoms with E-state index < -0.39 is 0 Å². The molecule has 1 saturated heterocycles. The summed E-state index contributed by atoms with van der Waals surface area (Å²) in [5.74, 6) is 0.817. The highest BCUT2D eigenvalue weighted by Crippen LogP contribution is 2.30. The van der Waals surface area contributed by atoms with Crippen LogP contribution in [0.2, 0.25) is 0 Å². The van der Waals surface area contributed by atoms with Crippen molar-refractivity contribution in [2.24, 2.45) is 0 Å². The number of ether oxygens (including phenoxy) is 3. The summed E-state index contributed by atoms with van der Waals surface area (Å²) in [5.41, 5.74) is 4.68. The molecule has 2 heterocycles. The molecule has 0 aliphatic carbocycles. The number of benzene rings is 3. The molecule has 4 aromatic rings. The second kappa shape index (κ2) is 14.0. The Morgan fingerprint density at radius 2 is 1.61 bits per heavy atom. The minimum Gasteiger partial charge on any atom is -0.488 e. The minimum absolute atomic E-state index is 0.0874. The van der Waals surface area contributed by atoms with Gasteiger partial charge in [-0.25, -0.2) is 9.59 Å². The van der Waals surface area contributed by atoms with Crippen LogP contribution in [0.3, 0.4) is 0 Å². The predicted molar refractivity (Wildman–Crippen MR) is 154 cm³/mol. The van der Waals surface area contributed by atoms with Gasteiger partial charge in [0.05, 0.1) is 19.8 Å². The summed E-state index contributed by atoms with van der Waals surface area (Å²) in [6.45, 7) is 2.92. The summed E-state index contributed by atoms with van der Waals surface area (Å²) in [5, 5.41) is 5.71. The second-order valence-corrected chi connectivity index (χ2v) is 9.52. The molecule has 1 aliphatic rings. The molecule has 0 atom stereocenters. The van der Waals surface area contributed by atoms with E-state index in [4.69, 9.17) is 14.2 Å². The number of carbonyl (C=O) groups is 2. The molecule has 3 aromatic carbocycles. The summed E-state index contributed by atoms with van der Waals surface area (Å²) < 4.78 is 18.5. The van der Waals surface area contributed by atoms with Crippen LogP contribution in [0.5, 0.6) is 5.75 Å². The molecule has 1 fully saturated rings. The number of para-hydroxylation sites is 1. The standard InChI is InChI=1S/C32H32N4O5/c37-31(33-21-26-7-6-16-35(22-26)24-41-32(38)36-17-19-39-20-18-36)34-28-14-12-25(13-15-28)23-40-30-11-5-4-10-29(30)27-8-2-1-3-9-27/h1-16,22H,17-21,23-24H2,(H-,33,34,37)/p+1. The van der Waals surface area contributed by atoms with Gasteiger partial charge in [0.2, 0.25) is 0 Å². The van der Waals surface area contributed by atoms with Crippen LogP contribution in [0.4, 0.5) is 15.3 Å². The number of urea groups is 1. The zero-order valence-corrected chi connectivity index (χ0v) is 22.7. The summed E-state index contributed by atoms with van der Waals surface area (Å²) in [6, 6.07) is 29.1. The fourth-order valence-corrected chi connectivity index (χ4v) is 4.38. The van der Waals surface area contributed by atoms with Crippen LogP contribution in [0, 0.1) is 0 Å². The van der Waals surface area contributed by atoms with E-state index >= 15 is 0 Å². The number of nitrogens with one attached hydrogen (secondary N) is 2. The highest BCUT2D eigenvalue weighted by molar-refractivity contribution is 5.89. The van der Waals surface area contributed by atoms with Crippen LogP contribution < -0.4 is 19.9 Å². The summed E-state index contributed by atoms with van der Waals surface area (Å²) in [6.07, 6.45) is 3.28. The Morgan fingerprint density at radius 3 is 2.41 bits per heavy atom. The molecule has 5 rings (SSSR count). The molecule has 41 heavy (non-hydrogen) atoms. The lowest BCUT2D eigenvalue weighted by atomic mass is 10.0. The van der Waals surface area contributed by atoms with Crippen LogP contribution >= 0.6 is 0 Å². The van der Waals surface area contributed by atoms with Gasteiger partial charge in [-0.15, -0.1) is 0 Å². The molecule has 9 heteroatoms. The lowest BCUT2D eigenvalue weighted by Crippen LogP contribution is -2.44. The van der Waals surface area contributed by atoms with Gasteiger partial charge in [0.25, 0.3) is 6.73 Å². The number of anilines is 1. The SMILES string of the molecule is O=C(NCc1ccc[n+](COC(=O)N2CCOCC2)c1)Nc1ccc(COc2ccccc2-c2ccccc2)cc1. The van der Waals surface area contributed by atoms with Gasteiger partial charge in [-0.2, -0.15) is 4.57 Å². The number of amides is 3. The van der Waals surface area contributed by atoms with Crippen molar-refractivity contribution in [3.63, 3.8) is 0 Å². The topological polar surface area (TPSA) is 93.0 Å². The number of rotatable bonds is 9. The van der Waals surface area contributed by atoms with Gasteiger partial charge >= 0.3 is 12.1 Å². The molecular formula is C32H33N4O5+. The van der Waals surface area contributed by atoms with Gasteiger partial charge in [0, 0.05) is 36.0 Å². The first-order valence-electron chi connectivity index (χ1n) is 13.5. The Balaban J connectivity index is 1.07. The van der Waals surface area contributed by atoms with Crippen molar-refractivity contribution in [3.05, 3.63) is 115 Å². The first-order chi connectivity index (χ1) is 20.1. The Kier molecular flexibility index (Phi) is 9.42. The molecule has 0 saturated carbocycles. The highest BCUT2D eigenvalue weighted by Gasteiger charge is 2.19. The number of hydrogen-bond donors (Lipinski definition) is 2. The summed E-state index contributed by atoms with van der Waals surface area (Å²) in [7, 11) is 0. The van der Waals surface area contributed by atoms with E-state index in [0.29, 0.717) is 45.1 Å². The van der Waals surface area contributed by atoms with Crippen molar-refractivity contribution in [2.45, 2.75) is 19.9 Å².